The second-order valence-electron chi connectivity index (χ2n) is 9.43. The Morgan fingerprint density at radius 2 is 1.70 bits per heavy atom. The molecule has 0 spiro atoms. The molecule has 2 aromatic carbocycles. The quantitative estimate of drug-likeness (QED) is 0.504. The maximum Gasteiger partial charge on any atom is 0.259 e. The monoisotopic (exact) mass is 499 g/mol. The molecule has 3 aromatic rings. The van der Waals surface area contributed by atoms with E-state index in [0.717, 1.165) is 16.7 Å². The van der Waals surface area contributed by atoms with Crippen molar-refractivity contribution in [2.75, 3.05) is 36.5 Å². The van der Waals surface area contributed by atoms with Gasteiger partial charge in [0.1, 0.15) is 0 Å². The van der Waals surface area contributed by atoms with Gasteiger partial charge in [0.2, 0.25) is 11.8 Å². The zero-order chi connectivity index (χ0) is 26.5. The van der Waals surface area contributed by atoms with Gasteiger partial charge < -0.3 is 9.80 Å². The number of hydrogen-bond donors (Lipinski definition) is 0. The summed E-state index contributed by atoms with van der Waals surface area (Å²) in [4.78, 5) is 52.2. The van der Waals surface area contributed by atoms with Crippen molar-refractivity contribution in [3.05, 3.63) is 72.2 Å². The Bertz CT molecular complexity index is 1270. The van der Waals surface area contributed by atoms with Crippen LogP contribution in [0, 0.1) is 12.8 Å². The molecule has 4 rings (SSSR count). The van der Waals surface area contributed by atoms with E-state index in [9.17, 15) is 14.4 Å². The number of benzene rings is 2. The van der Waals surface area contributed by atoms with Gasteiger partial charge in [-0.05, 0) is 56.0 Å². The summed E-state index contributed by atoms with van der Waals surface area (Å²) in [5.74, 6) is 0.114. The molecule has 0 N–H and O–H groups in total. The van der Waals surface area contributed by atoms with E-state index < -0.39 is 0 Å². The van der Waals surface area contributed by atoms with Gasteiger partial charge in [-0.1, -0.05) is 29.8 Å². The van der Waals surface area contributed by atoms with Crippen molar-refractivity contribution in [1.29, 1.82) is 0 Å². The summed E-state index contributed by atoms with van der Waals surface area (Å²) < 4.78 is 0. The molecule has 0 saturated carbocycles. The lowest BCUT2D eigenvalue weighted by Gasteiger charge is -2.33. The smallest absolute Gasteiger partial charge is 0.259 e. The minimum absolute atomic E-state index is 0.0102. The first kappa shape index (κ1) is 26.0. The average molecular weight is 500 g/mol. The summed E-state index contributed by atoms with van der Waals surface area (Å²) in [7, 11) is 1.75. The first-order valence-corrected chi connectivity index (χ1v) is 12.6. The van der Waals surface area contributed by atoms with Gasteiger partial charge in [-0.25, -0.2) is 4.98 Å². The highest BCUT2D eigenvalue weighted by Crippen LogP contribution is 2.30. The molecular weight excluding hydrogens is 466 g/mol. The number of amides is 3. The minimum Gasteiger partial charge on any atom is -0.343 e. The number of carbonyl (C=O) groups excluding carboxylic acids is 3. The predicted octanol–water partition coefficient (Wildman–Crippen LogP) is 4.34. The van der Waals surface area contributed by atoms with E-state index in [4.69, 9.17) is 0 Å². The maximum atomic E-state index is 13.7. The lowest BCUT2D eigenvalue weighted by Crippen LogP contribution is -2.43. The number of piperidine rings is 1. The van der Waals surface area contributed by atoms with Crippen LogP contribution in [0.15, 0.2) is 61.1 Å². The predicted molar refractivity (Wildman–Crippen MR) is 144 cm³/mol. The van der Waals surface area contributed by atoms with Crippen molar-refractivity contribution in [3.8, 4) is 11.1 Å². The molecule has 1 aromatic heterocycles. The van der Waals surface area contributed by atoms with Gasteiger partial charge in [0.25, 0.3) is 5.91 Å². The van der Waals surface area contributed by atoms with E-state index in [-0.39, 0.29) is 23.6 Å². The summed E-state index contributed by atoms with van der Waals surface area (Å²) >= 11 is 0. The van der Waals surface area contributed by atoms with E-state index in [1.807, 2.05) is 50.2 Å². The summed E-state index contributed by atoms with van der Waals surface area (Å²) in [6, 6.07) is 13.7. The summed E-state index contributed by atoms with van der Waals surface area (Å²) in [6.07, 6.45) is 5.95. The van der Waals surface area contributed by atoms with Crippen molar-refractivity contribution in [1.82, 2.24) is 14.9 Å². The van der Waals surface area contributed by atoms with E-state index >= 15 is 0 Å². The highest BCUT2D eigenvalue weighted by molar-refractivity contribution is 6.07. The third-order valence-corrected chi connectivity index (χ3v) is 6.94. The van der Waals surface area contributed by atoms with Crippen LogP contribution in [-0.4, -0.2) is 59.3 Å². The van der Waals surface area contributed by atoms with Gasteiger partial charge in [-0.15, -0.1) is 0 Å². The zero-order valence-electron chi connectivity index (χ0n) is 21.8. The Hall–Kier alpha value is -4.07. The number of anilines is 2. The molecule has 0 radical (unpaired) electrons. The fourth-order valence-corrected chi connectivity index (χ4v) is 4.68. The summed E-state index contributed by atoms with van der Waals surface area (Å²) in [5.41, 5.74) is 4.06. The highest BCUT2D eigenvalue weighted by Gasteiger charge is 2.29. The molecule has 192 valence electrons. The molecule has 0 bridgehead atoms. The molecule has 1 fully saturated rings. The lowest BCUT2D eigenvalue weighted by atomic mass is 9.94. The molecule has 1 aliphatic heterocycles. The summed E-state index contributed by atoms with van der Waals surface area (Å²) in [5, 5.41) is 0. The van der Waals surface area contributed by atoms with Crippen LogP contribution in [0.4, 0.5) is 11.5 Å². The zero-order valence-corrected chi connectivity index (χ0v) is 21.8. The van der Waals surface area contributed by atoms with Gasteiger partial charge >= 0.3 is 0 Å². The van der Waals surface area contributed by atoms with E-state index in [1.54, 1.807) is 53.3 Å². The second-order valence-corrected chi connectivity index (χ2v) is 9.43. The molecule has 37 heavy (non-hydrogen) atoms. The van der Waals surface area contributed by atoms with Gasteiger partial charge in [0, 0.05) is 63.2 Å². The van der Waals surface area contributed by atoms with E-state index in [0.29, 0.717) is 49.5 Å². The number of hydrogen-bond acceptors (Lipinski definition) is 5. The normalized spacial score (nSPS) is 13.8. The Kier molecular flexibility index (Phi) is 7.96. The van der Waals surface area contributed by atoms with Crippen LogP contribution in [0.5, 0.6) is 0 Å². The Labute approximate surface area is 217 Å². The van der Waals surface area contributed by atoms with Crippen molar-refractivity contribution in [3.63, 3.8) is 0 Å². The standard InChI is InChI=1S/C29H33N5O3/c1-5-34(27-19-30-12-13-31-27)29(37)25-16-24(22-8-6-20(2)7-9-22)17-26(18-25)32(4)28(36)23-10-14-33(15-11-23)21(3)35/h6-9,12-13,16-19,23H,5,10-11,14-15H2,1-4H3. The third kappa shape index (κ3) is 5.85. The molecule has 8 nitrogen and oxygen atoms in total. The molecule has 3 amide bonds. The molecule has 2 heterocycles. The van der Waals surface area contributed by atoms with Crippen LogP contribution in [0.25, 0.3) is 11.1 Å². The first-order chi connectivity index (χ1) is 17.8. The lowest BCUT2D eigenvalue weighted by molar-refractivity contribution is -0.133. The van der Waals surface area contributed by atoms with Crippen LogP contribution in [-0.2, 0) is 9.59 Å². The maximum absolute atomic E-state index is 13.7. The fourth-order valence-electron chi connectivity index (χ4n) is 4.68. The third-order valence-electron chi connectivity index (χ3n) is 6.94. The number of aromatic nitrogens is 2. The Balaban J connectivity index is 1.69. The molecule has 0 unspecified atom stereocenters. The molecule has 0 aliphatic carbocycles. The van der Waals surface area contributed by atoms with Crippen LogP contribution in [0.1, 0.15) is 42.6 Å². The molecule has 1 saturated heterocycles. The molecule has 0 atom stereocenters. The number of aryl methyl sites for hydroxylation is 1. The van der Waals surface area contributed by atoms with Crippen molar-refractivity contribution in [2.45, 2.75) is 33.6 Å². The first-order valence-electron chi connectivity index (χ1n) is 12.6. The minimum atomic E-state index is -0.214. The average Bonchev–Trinajstić information content (AvgIpc) is 2.93. The summed E-state index contributed by atoms with van der Waals surface area (Å²) in [6.45, 7) is 7.06. The van der Waals surface area contributed by atoms with E-state index in [2.05, 4.69) is 9.97 Å². The topological polar surface area (TPSA) is 86.7 Å². The van der Waals surface area contributed by atoms with Crippen molar-refractivity contribution >= 4 is 29.2 Å². The number of carbonyl (C=O) groups is 3. The number of likely N-dealkylation sites (tertiary alicyclic amines) is 1. The van der Waals surface area contributed by atoms with E-state index in [1.165, 1.54) is 0 Å². The van der Waals surface area contributed by atoms with Gasteiger partial charge in [0.15, 0.2) is 5.82 Å². The van der Waals surface area contributed by atoms with Gasteiger partial charge in [-0.2, -0.15) is 0 Å². The fraction of sp³-hybridized carbons (Fsp3) is 0.345. The number of rotatable bonds is 6. The van der Waals surface area contributed by atoms with Gasteiger partial charge in [-0.3, -0.25) is 24.3 Å². The van der Waals surface area contributed by atoms with Gasteiger partial charge in [0.05, 0.1) is 6.20 Å². The highest BCUT2D eigenvalue weighted by atomic mass is 16.2. The number of nitrogens with zero attached hydrogens (tertiary/aromatic N) is 5. The molecule has 8 heteroatoms. The van der Waals surface area contributed by atoms with Crippen molar-refractivity contribution in [2.24, 2.45) is 5.92 Å². The Morgan fingerprint density at radius 3 is 2.30 bits per heavy atom. The largest absolute Gasteiger partial charge is 0.343 e. The Morgan fingerprint density at radius 1 is 1.00 bits per heavy atom. The molecular formula is C29H33N5O3. The van der Waals surface area contributed by atoms with Crippen molar-refractivity contribution < 1.29 is 14.4 Å². The van der Waals surface area contributed by atoms with Crippen LogP contribution in [0.3, 0.4) is 0 Å². The van der Waals surface area contributed by atoms with Crippen LogP contribution < -0.4 is 9.80 Å². The SMILES string of the molecule is CCN(C(=O)c1cc(-c2ccc(C)cc2)cc(N(C)C(=O)C2CCN(C(C)=O)CC2)c1)c1cnccn1. The van der Waals surface area contributed by atoms with Crippen LogP contribution in [0.2, 0.25) is 0 Å². The second kappa shape index (κ2) is 11.3. The molecule has 1 aliphatic rings. The van der Waals surface area contributed by atoms with Crippen LogP contribution >= 0.6 is 0 Å².